The van der Waals surface area contributed by atoms with Crippen molar-refractivity contribution < 1.29 is 31.9 Å². The molecule has 2 unspecified atom stereocenters. The number of sulfonamides is 1. The lowest BCUT2D eigenvalue weighted by Gasteiger charge is -2.34. The molecule has 0 fully saturated rings. The lowest BCUT2D eigenvalue weighted by atomic mass is 10.0. The highest BCUT2D eigenvalue weighted by molar-refractivity contribution is 7.92. The van der Waals surface area contributed by atoms with E-state index in [0.717, 1.165) is 15.4 Å². The summed E-state index contributed by atoms with van der Waals surface area (Å²) >= 11 is 0. The van der Waals surface area contributed by atoms with Crippen LogP contribution < -0.4 is 19.1 Å². The lowest BCUT2D eigenvalue weighted by molar-refractivity contribution is -0.140. The van der Waals surface area contributed by atoms with Crippen molar-refractivity contribution in [2.24, 2.45) is 0 Å². The van der Waals surface area contributed by atoms with Crippen LogP contribution in [0.1, 0.15) is 37.0 Å². The van der Waals surface area contributed by atoms with Crippen molar-refractivity contribution in [2.75, 3.05) is 25.1 Å². The lowest BCUT2D eigenvalue weighted by Crippen LogP contribution is -2.54. The minimum absolute atomic E-state index is 0.0359. The van der Waals surface area contributed by atoms with E-state index in [4.69, 9.17) is 9.47 Å². The Balaban J connectivity index is 1.87. The molecule has 4 rings (SSSR count). The second kappa shape index (κ2) is 16.3. The van der Waals surface area contributed by atoms with Crippen LogP contribution in [0.25, 0.3) is 0 Å². The van der Waals surface area contributed by atoms with Crippen LogP contribution >= 0.6 is 0 Å². The summed E-state index contributed by atoms with van der Waals surface area (Å²) < 4.78 is 54.6. The zero-order valence-electron chi connectivity index (χ0n) is 27.9. The Morgan fingerprint density at radius 1 is 0.875 bits per heavy atom. The number of halogens is 1. The van der Waals surface area contributed by atoms with E-state index in [1.165, 1.54) is 61.6 Å². The topological polar surface area (TPSA) is 105 Å². The molecule has 11 heteroatoms. The number of benzene rings is 4. The molecule has 0 saturated carbocycles. The van der Waals surface area contributed by atoms with Crippen molar-refractivity contribution in [1.82, 2.24) is 10.2 Å². The maximum atomic E-state index is 14.7. The summed E-state index contributed by atoms with van der Waals surface area (Å²) in [6, 6.07) is 24.6. The summed E-state index contributed by atoms with van der Waals surface area (Å²) in [5, 5.41) is 3.00. The number of methoxy groups -OCH3 is 2. The van der Waals surface area contributed by atoms with Crippen molar-refractivity contribution in [3.63, 3.8) is 0 Å². The first kappa shape index (κ1) is 35.9. The molecule has 254 valence electrons. The first-order chi connectivity index (χ1) is 23.0. The predicted octanol–water partition coefficient (Wildman–Crippen LogP) is 5.90. The predicted molar refractivity (Wildman–Crippen MR) is 184 cm³/mol. The molecule has 0 heterocycles. The molecule has 4 aromatic carbocycles. The van der Waals surface area contributed by atoms with Crippen molar-refractivity contribution >= 4 is 27.5 Å². The van der Waals surface area contributed by atoms with E-state index in [0.29, 0.717) is 17.7 Å². The Morgan fingerprint density at radius 3 is 2.15 bits per heavy atom. The summed E-state index contributed by atoms with van der Waals surface area (Å²) in [5.74, 6) is -0.955. The highest BCUT2D eigenvalue weighted by Crippen LogP contribution is 2.36. The molecule has 0 bridgehead atoms. The summed E-state index contributed by atoms with van der Waals surface area (Å²) in [4.78, 5) is 30.0. The summed E-state index contributed by atoms with van der Waals surface area (Å²) in [6.07, 6.45) is 0.817. The molecular formula is C37H42FN3O6S. The van der Waals surface area contributed by atoms with Crippen molar-refractivity contribution in [3.05, 3.63) is 120 Å². The average molecular weight is 676 g/mol. The van der Waals surface area contributed by atoms with Gasteiger partial charge in [-0.25, -0.2) is 12.8 Å². The normalized spacial score (nSPS) is 12.5. The maximum absolute atomic E-state index is 14.7. The van der Waals surface area contributed by atoms with Crippen LogP contribution in [0.4, 0.5) is 10.1 Å². The summed E-state index contributed by atoms with van der Waals surface area (Å²) in [5.41, 5.74) is 2.30. The van der Waals surface area contributed by atoms with Gasteiger partial charge in [-0.2, -0.15) is 0 Å². The van der Waals surface area contributed by atoms with Crippen LogP contribution in [-0.2, 0) is 32.6 Å². The van der Waals surface area contributed by atoms with Crippen LogP contribution in [0.2, 0.25) is 0 Å². The number of hydrogen-bond donors (Lipinski definition) is 1. The molecule has 48 heavy (non-hydrogen) atoms. The number of ether oxygens (including phenoxy) is 2. The molecule has 0 aliphatic rings. The Kier molecular flexibility index (Phi) is 12.2. The number of aryl methyl sites for hydroxylation is 1. The SMILES string of the molecule is CCC(C)NC(=O)C(Cc1ccccc1)N(Cc1ccc(F)cc1)C(=O)CN(c1cc(OC)ccc1OC)S(=O)(=O)c1ccc(C)cc1. The van der Waals surface area contributed by atoms with Crippen LogP contribution in [0, 0.1) is 12.7 Å². The number of hydrogen-bond acceptors (Lipinski definition) is 6. The smallest absolute Gasteiger partial charge is 0.264 e. The van der Waals surface area contributed by atoms with Crippen LogP contribution in [0.15, 0.2) is 102 Å². The van der Waals surface area contributed by atoms with Gasteiger partial charge in [0.2, 0.25) is 11.8 Å². The quantitative estimate of drug-likeness (QED) is 0.168. The highest BCUT2D eigenvalue weighted by Gasteiger charge is 2.36. The first-order valence-corrected chi connectivity index (χ1v) is 17.1. The number of rotatable bonds is 15. The Labute approximate surface area is 282 Å². The van der Waals surface area contributed by atoms with E-state index in [1.54, 1.807) is 24.3 Å². The number of nitrogens with zero attached hydrogens (tertiary/aromatic N) is 2. The van der Waals surface area contributed by atoms with E-state index in [9.17, 15) is 22.4 Å². The van der Waals surface area contributed by atoms with Gasteiger partial charge < -0.3 is 19.7 Å². The molecule has 0 aliphatic heterocycles. The Hall–Kier alpha value is -4.90. The largest absolute Gasteiger partial charge is 0.497 e. The molecule has 0 aliphatic carbocycles. The fourth-order valence-corrected chi connectivity index (χ4v) is 6.54. The van der Waals surface area contributed by atoms with Gasteiger partial charge in [0.15, 0.2) is 0 Å². The zero-order chi connectivity index (χ0) is 34.8. The van der Waals surface area contributed by atoms with Gasteiger partial charge in [0, 0.05) is 25.1 Å². The highest BCUT2D eigenvalue weighted by atomic mass is 32.2. The number of carbonyl (C=O) groups excluding carboxylic acids is 2. The third-order valence-electron chi connectivity index (χ3n) is 8.08. The standard InChI is InChI=1S/C37H42FN3O6S/c1-6-27(3)39-37(43)34(22-28-10-8-7-9-11-28)40(24-29-14-16-30(38)17-15-29)36(42)25-41(33-23-31(46-4)18-21-35(33)47-5)48(44,45)32-19-12-26(2)13-20-32/h7-21,23,27,34H,6,22,24-25H2,1-5H3,(H,39,43). The number of nitrogens with one attached hydrogen (secondary N) is 1. The van der Waals surface area contributed by atoms with E-state index in [1.807, 2.05) is 51.1 Å². The van der Waals surface area contributed by atoms with Gasteiger partial charge >= 0.3 is 0 Å². The molecule has 9 nitrogen and oxygen atoms in total. The number of amides is 2. The molecule has 4 aromatic rings. The summed E-state index contributed by atoms with van der Waals surface area (Å²) in [7, 11) is -1.51. The van der Waals surface area contributed by atoms with Gasteiger partial charge in [-0.3, -0.25) is 13.9 Å². The number of anilines is 1. The van der Waals surface area contributed by atoms with Gasteiger partial charge in [-0.05, 0) is 67.8 Å². The minimum atomic E-state index is -4.36. The van der Waals surface area contributed by atoms with Crippen LogP contribution in [-0.4, -0.2) is 58.0 Å². The third kappa shape index (κ3) is 8.92. The first-order valence-electron chi connectivity index (χ1n) is 15.7. The van der Waals surface area contributed by atoms with E-state index >= 15 is 0 Å². The molecule has 1 N–H and O–H groups in total. The molecular weight excluding hydrogens is 633 g/mol. The van der Waals surface area contributed by atoms with Gasteiger partial charge in [0.1, 0.15) is 29.9 Å². The van der Waals surface area contributed by atoms with Crippen molar-refractivity contribution in [1.29, 1.82) is 0 Å². The van der Waals surface area contributed by atoms with E-state index in [2.05, 4.69) is 5.32 Å². The fraction of sp³-hybridized carbons (Fsp3) is 0.297. The molecule has 0 aromatic heterocycles. The molecule has 0 saturated heterocycles. The molecule has 2 amide bonds. The van der Waals surface area contributed by atoms with Crippen LogP contribution in [0.5, 0.6) is 11.5 Å². The zero-order valence-corrected chi connectivity index (χ0v) is 28.7. The molecule has 0 spiro atoms. The minimum Gasteiger partial charge on any atom is -0.497 e. The second-order valence-electron chi connectivity index (χ2n) is 11.5. The van der Waals surface area contributed by atoms with Gasteiger partial charge in [-0.15, -0.1) is 0 Å². The Morgan fingerprint density at radius 2 is 1.54 bits per heavy atom. The monoisotopic (exact) mass is 675 g/mol. The average Bonchev–Trinajstić information content (AvgIpc) is 3.09. The Bertz CT molecular complexity index is 1780. The van der Waals surface area contributed by atoms with Crippen molar-refractivity contribution in [3.8, 4) is 11.5 Å². The summed E-state index contributed by atoms with van der Waals surface area (Å²) in [6.45, 7) is 4.89. The molecule has 2 atom stereocenters. The van der Waals surface area contributed by atoms with Gasteiger partial charge in [0.05, 0.1) is 24.8 Å². The van der Waals surface area contributed by atoms with E-state index < -0.39 is 40.2 Å². The van der Waals surface area contributed by atoms with Crippen molar-refractivity contribution in [2.45, 2.75) is 57.1 Å². The van der Waals surface area contributed by atoms with E-state index in [-0.39, 0.29) is 35.3 Å². The van der Waals surface area contributed by atoms with Crippen LogP contribution in [0.3, 0.4) is 0 Å². The fourth-order valence-electron chi connectivity index (χ4n) is 5.12. The number of carbonyl (C=O) groups is 2. The molecule has 0 radical (unpaired) electrons. The van der Waals surface area contributed by atoms with Gasteiger partial charge in [0.25, 0.3) is 10.0 Å². The third-order valence-corrected chi connectivity index (χ3v) is 9.85. The second-order valence-corrected chi connectivity index (χ2v) is 13.4. The maximum Gasteiger partial charge on any atom is 0.264 e. The van der Waals surface area contributed by atoms with Gasteiger partial charge in [-0.1, -0.05) is 67.1 Å².